The predicted molar refractivity (Wildman–Crippen MR) is 117 cm³/mol. The first-order valence-electron chi connectivity index (χ1n) is 10.1. The Morgan fingerprint density at radius 3 is 2.45 bits per heavy atom. The predicted octanol–water partition coefficient (Wildman–Crippen LogP) is 5.42. The number of hydrogen-bond donors (Lipinski definition) is 1. The fourth-order valence-electron chi connectivity index (χ4n) is 2.97. The number of methoxy groups -OCH3 is 2. The lowest BCUT2D eigenvalue weighted by Crippen LogP contribution is -2.08. The second kappa shape index (κ2) is 12.5. The number of unbranched alkanes of at least 4 members (excludes halogenated alkanes) is 3. The average Bonchev–Trinajstić information content (AvgIpc) is 2.76. The molecule has 5 nitrogen and oxygen atoms in total. The minimum Gasteiger partial charge on any atom is -0.503 e. The van der Waals surface area contributed by atoms with Gasteiger partial charge in [-0.25, -0.2) is 4.79 Å². The summed E-state index contributed by atoms with van der Waals surface area (Å²) in [5.41, 5.74) is 3.05. The van der Waals surface area contributed by atoms with E-state index in [0.717, 1.165) is 29.1 Å². The van der Waals surface area contributed by atoms with Gasteiger partial charge in [0.15, 0.2) is 0 Å². The van der Waals surface area contributed by atoms with E-state index in [0.29, 0.717) is 12.2 Å². The van der Waals surface area contributed by atoms with Gasteiger partial charge in [0.1, 0.15) is 17.9 Å². The van der Waals surface area contributed by atoms with E-state index in [4.69, 9.17) is 14.2 Å². The molecule has 0 heterocycles. The number of benzene rings is 2. The molecule has 156 valence electrons. The van der Waals surface area contributed by atoms with Crippen molar-refractivity contribution in [2.45, 2.75) is 39.2 Å². The van der Waals surface area contributed by atoms with Crippen molar-refractivity contribution in [2.24, 2.45) is 0 Å². The van der Waals surface area contributed by atoms with E-state index < -0.39 is 5.97 Å². The minimum absolute atomic E-state index is 0.331. The number of anilines is 1. The Bertz CT molecular complexity index is 784. The molecule has 0 saturated carbocycles. The molecule has 2 aromatic rings. The summed E-state index contributed by atoms with van der Waals surface area (Å²) in [5, 5.41) is 3.43. The van der Waals surface area contributed by atoms with Crippen molar-refractivity contribution in [3.8, 4) is 5.75 Å². The van der Waals surface area contributed by atoms with Crippen LogP contribution in [0, 0.1) is 0 Å². The first-order chi connectivity index (χ1) is 14.2. The Morgan fingerprint density at radius 2 is 1.76 bits per heavy atom. The Balaban J connectivity index is 1.98. The first kappa shape index (κ1) is 22.3. The highest BCUT2D eigenvalue weighted by atomic mass is 16.5. The molecule has 0 atom stereocenters. The van der Waals surface area contributed by atoms with Crippen LogP contribution >= 0.6 is 0 Å². The van der Waals surface area contributed by atoms with Gasteiger partial charge in [-0.1, -0.05) is 50.5 Å². The number of hydrogen-bond acceptors (Lipinski definition) is 5. The van der Waals surface area contributed by atoms with E-state index in [-0.39, 0.29) is 0 Å². The SMILES string of the molecule is CCCCCCNc1ccc(OCc2ccccc2C(=COC)C(=O)OC)cc1. The quantitative estimate of drug-likeness (QED) is 0.224. The standard InChI is InChI=1S/C24H31NO4/c1-4-5-6-9-16-25-20-12-14-21(15-13-20)29-17-19-10-7-8-11-22(19)23(18-27-2)24(26)28-3/h7-8,10-15,18,25H,4-6,9,16-17H2,1-3H3. The third-order valence-corrected chi connectivity index (χ3v) is 4.56. The Kier molecular flexibility index (Phi) is 9.63. The van der Waals surface area contributed by atoms with Crippen molar-refractivity contribution in [1.82, 2.24) is 0 Å². The summed E-state index contributed by atoms with van der Waals surface area (Å²) < 4.78 is 15.9. The third kappa shape index (κ3) is 7.18. The molecule has 0 aliphatic heterocycles. The van der Waals surface area contributed by atoms with Gasteiger partial charge >= 0.3 is 5.97 Å². The zero-order valence-electron chi connectivity index (χ0n) is 17.6. The Hall–Kier alpha value is -2.95. The zero-order chi connectivity index (χ0) is 20.9. The van der Waals surface area contributed by atoms with Crippen LogP contribution in [0.25, 0.3) is 5.57 Å². The van der Waals surface area contributed by atoms with Crippen LogP contribution in [0.4, 0.5) is 5.69 Å². The van der Waals surface area contributed by atoms with Crippen LogP contribution in [0.3, 0.4) is 0 Å². The van der Waals surface area contributed by atoms with Gasteiger partial charge in [-0.2, -0.15) is 0 Å². The van der Waals surface area contributed by atoms with Gasteiger partial charge in [-0.05, 0) is 41.8 Å². The van der Waals surface area contributed by atoms with E-state index in [1.54, 1.807) is 0 Å². The Labute approximate surface area is 173 Å². The summed E-state index contributed by atoms with van der Waals surface area (Å²) in [6, 6.07) is 15.5. The lowest BCUT2D eigenvalue weighted by molar-refractivity contribution is -0.133. The number of nitrogens with one attached hydrogen (secondary N) is 1. The van der Waals surface area contributed by atoms with Gasteiger partial charge in [0.05, 0.1) is 20.5 Å². The second-order valence-electron chi connectivity index (χ2n) is 6.72. The fourth-order valence-corrected chi connectivity index (χ4v) is 2.97. The van der Waals surface area contributed by atoms with Crippen LogP contribution in [0.2, 0.25) is 0 Å². The van der Waals surface area contributed by atoms with Crippen molar-refractivity contribution in [2.75, 3.05) is 26.1 Å². The van der Waals surface area contributed by atoms with Crippen LogP contribution in [0.15, 0.2) is 54.8 Å². The molecule has 0 bridgehead atoms. The molecule has 0 fully saturated rings. The largest absolute Gasteiger partial charge is 0.503 e. The number of carbonyl (C=O) groups excluding carboxylic acids is 1. The van der Waals surface area contributed by atoms with Gasteiger partial charge in [-0.3, -0.25) is 0 Å². The summed E-state index contributed by atoms with van der Waals surface area (Å²) in [6.07, 6.45) is 6.37. The highest BCUT2D eigenvalue weighted by Gasteiger charge is 2.16. The van der Waals surface area contributed by atoms with E-state index in [1.807, 2.05) is 48.5 Å². The monoisotopic (exact) mass is 397 g/mol. The van der Waals surface area contributed by atoms with Crippen molar-refractivity contribution in [3.05, 3.63) is 65.9 Å². The van der Waals surface area contributed by atoms with Crippen molar-refractivity contribution in [3.63, 3.8) is 0 Å². The highest BCUT2D eigenvalue weighted by Crippen LogP contribution is 2.23. The summed E-state index contributed by atoms with van der Waals surface area (Å²) in [7, 11) is 2.85. The summed E-state index contributed by atoms with van der Waals surface area (Å²) in [5.74, 6) is 0.320. The van der Waals surface area contributed by atoms with Crippen LogP contribution in [-0.2, 0) is 20.9 Å². The molecule has 0 saturated heterocycles. The van der Waals surface area contributed by atoms with Gasteiger partial charge in [0.25, 0.3) is 0 Å². The third-order valence-electron chi connectivity index (χ3n) is 4.56. The molecule has 0 radical (unpaired) electrons. The maximum atomic E-state index is 12.1. The van der Waals surface area contributed by atoms with Gasteiger partial charge in [0.2, 0.25) is 0 Å². The van der Waals surface area contributed by atoms with E-state index >= 15 is 0 Å². The number of esters is 1. The molecule has 0 aromatic heterocycles. The second-order valence-corrected chi connectivity index (χ2v) is 6.72. The van der Waals surface area contributed by atoms with Crippen LogP contribution in [0.1, 0.15) is 43.7 Å². The number of rotatable bonds is 12. The molecule has 1 N–H and O–H groups in total. The van der Waals surface area contributed by atoms with Gasteiger partial charge in [0, 0.05) is 12.2 Å². The molecule has 5 heteroatoms. The van der Waals surface area contributed by atoms with E-state index in [9.17, 15) is 4.79 Å². The average molecular weight is 398 g/mol. The molecule has 0 aliphatic carbocycles. The highest BCUT2D eigenvalue weighted by molar-refractivity contribution is 6.16. The van der Waals surface area contributed by atoms with Crippen LogP contribution in [0.5, 0.6) is 5.75 Å². The number of carbonyl (C=O) groups is 1. The lowest BCUT2D eigenvalue weighted by Gasteiger charge is -2.13. The molecular weight excluding hydrogens is 366 g/mol. The molecule has 0 aliphatic rings. The van der Waals surface area contributed by atoms with E-state index in [2.05, 4.69) is 12.2 Å². The van der Waals surface area contributed by atoms with Crippen LogP contribution < -0.4 is 10.1 Å². The smallest absolute Gasteiger partial charge is 0.341 e. The summed E-state index contributed by atoms with van der Waals surface area (Å²) in [6.45, 7) is 3.53. The maximum absolute atomic E-state index is 12.1. The molecule has 2 rings (SSSR count). The van der Waals surface area contributed by atoms with Gasteiger partial charge < -0.3 is 19.5 Å². The van der Waals surface area contributed by atoms with E-state index in [1.165, 1.54) is 46.2 Å². The molecule has 0 spiro atoms. The Morgan fingerprint density at radius 1 is 1.00 bits per heavy atom. The zero-order valence-corrected chi connectivity index (χ0v) is 17.6. The van der Waals surface area contributed by atoms with Gasteiger partial charge in [-0.15, -0.1) is 0 Å². The summed E-state index contributed by atoms with van der Waals surface area (Å²) >= 11 is 0. The molecule has 2 aromatic carbocycles. The normalized spacial score (nSPS) is 11.1. The van der Waals surface area contributed by atoms with Crippen LogP contribution in [-0.4, -0.2) is 26.7 Å². The molecule has 0 amide bonds. The molecule has 0 unspecified atom stereocenters. The van der Waals surface area contributed by atoms with Crippen molar-refractivity contribution < 1.29 is 19.0 Å². The minimum atomic E-state index is -0.450. The topological polar surface area (TPSA) is 56.8 Å². The molecular formula is C24H31NO4. The molecule has 29 heavy (non-hydrogen) atoms. The van der Waals surface area contributed by atoms with Crippen molar-refractivity contribution >= 4 is 17.2 Å². The lowest BCUT2D eigenvalue weighted by atomic mass is 10.0. The van der Waals surface area contributed by atoms with Crippen molar-refractivity contribution in [1.29, 1.82) is 0 Å². The fraction of sp³-hybridized carbons (Fsp3) is 0.375. The number of ether oxygens (including phenoxy) is 3. The summed E-state index contributed by atoms with van der Waals surface area (Å²) in [4.78, 5) is 12.1. The maximum Gasteiger partial charge on any atom is 0.341 e. The first-order valence-corrected chi connectivity index (χ1v) is 10.1.